The van der Waals surface area contributed by atoms with E-state index >= 15 is 0 Å². The number of aryl methyl sites for hydroxylation is 1. The van der Waals surface area contributed by atoms with Crippen molar-refractivity contribution < 1.29 is 38.1 Å². The molecule has 0 amide bonds. The van der Waals surface area contributed by atoms with Crippen molar-refractivity contribution in [1.29, 1.82) is 0 Å². The van der Waals surface area contributed by atoms with E-state index in [0.29, 0.717) is 17.1 Å². The topological polar surface area (TPSA) is 105 Å². The minimum Gasteiger partial charge on any atom is -0.426 e. The van der Waals surface area contributed by atoms with Gasteiger partial charge in [0.2, 0.25) is 0 Å². The normalized spacial score (nSPS) is 10.1. The summed E-state index contributed by atoms with van der Waals surface area (Å²) >= 11 is 0. The third kappa shape index (κ3) is 7.62. The summed E-state index contributed by atoms with van der Waals surface area (Å²) in [6.07, 6.45) is -1.31. The molecule has 0 bridgehead atoms. The molecule has 33 heavy (non-hydrogen) atoms. The van der Waals surface area contributed by atoms with Gasteiger partial charge in [0, 0.05) is 0 Å². The van der Waals surface area contributed by atoms with Gasteiger partial charge in [-0.2, -0.15) is 0 Å². The van der Waals surface area contributed by atoms with Crippen LogP contribution in [0.25, 0.3) is 0 Å². The van der Waals surface area contributed by atoms with Crippen molar-refractivity contribution in [2.45, 2.75) is 19.8 Å². The van der Waals surface area contributed by atoms with Gasteiger partial charge in [0.15, 0.2) is 11.5 Å². The second kappa shape index (κ2) is 11.2. The maximum Gasteiger partial charge on any atom is 0.322 e. The molecule has 3 rings (SSSR count). The van der Waals surface area contributed by atoms with Crippen molar-refractivity contribution in [3.63, 3.8) is 0 Å². The number of esters is 4. The van der Waals surface area contributed by atoms with Crippen molar-refractivity contribution >= 4 is 23.9 Å². The van der Waals surface area contributed by atoms with Crippen molar-refractivity contribution in [3.8, 4) is 23.0 Å². The Kier molecular flexibility index (Phi) is 7.91. The molecule has 0 aliphatic heterocycles. The highest BCUT2D eigenvalue weighted by molar-refractivity contribution is 5.94. The van der Waals surface area contributed by atoms with Crippen molar-refractivity contribution in [3.05, 3.63) is 84.4 Å². The summed E-state index contributed by atoms with van der Waals surface area (Å²) in [6.45, 7) is 1.74. The smallest absolute Gasteiger partial charge is 0.322 e. The Morgan fingerprint density at radius 1 is 0.545 bits per heavy atom. The average molecular weight is 448 g/mol. The van der Waals surface area contributed by atoms with E-state index in [-0.39, 0.29) is 11.5 Å². The van der Waals surface area contributed by atoms with Crippen LogP contribution in [0.1, 0.15) is 18.4 Å². The largest absolute Gasteiger partial charge is 0.426 e. The van der Waals surface area contributed by atoms with Crippen LogP contribution in [0.4, 0.5) is 0 Å². The Hall–Kier alpha value is -4.46. The molecule has 8 nitrogen and oxygen atoms in total. The predicted molar refractivity (Wildman–Crippen MR) is 116 cm³/mol. The van der Waals surface area contributed by atoms with E-state index in [2.05, 4.69) is 0 Å². The van der Waals surface area contributed by atoms with Gasteiger partial charge in [-0.3, -0.25) is 19.2 Å². The molecule has 0 radical (unpaired) electrons. The molecular formula is C25H20O8. The maximum atomic E-state index is 12.2. The van der Waals surface area contributed by atoms with E-state index in [0.717, 1.165) is 0 Å². The quantitative estimate of drug-likeness (QED) is 0.291. The molecule has 0 heterocycles. The Morgan fingerprint density at radius 2 is 0.970 bits per heavy atom. The van der Waals surface area contributed by atoms with Gasteiger partial charge < -0.3 is 18.9 Å². The number of carbonyl (C=O) groups excluding carboxylic acids is 4. The predicted octanol–water partition coefficient (Wildman–Crippen LogP) is 3.80. The zero-order valence-corrected chi connectivity index (χ0v) is 17.7. The first-order valence-electron chi connectivity index (χ1n) is 9.92. The van der Waals surface area contributed by atoms with E-state index in [1.807, 2.05) is 0 Å². The van der Waals surface area contributed by atoms with Crippen LogP contribution in [0.15, 0.2) is 78.9 Å². The molecule has 0 N–H and O–H groups in total. The molecule has 168 valence electrons. The first-order chi connectivity index (χ1) is 15.9. The fourth-order valence-electron chi connectivity index (χ4n) is 2.64. The minimum atomic E-state index is -0.902. The van der Waals surface area contributed by atoms with Crippen LogP contribution in [0.3, 0.4) is 0 Å². The fraction of sp³-hybridized carbons (Fsp3) is 0.120. The molecule has 0 aliphatic rings. The van der Waals surface area contributed by atoms with E-state index in [4.69, 9.17) is 18.9 Å². The van der Waals surface area contributed by atoms with E-state index < -0.39 is 36.7 Å². The highest BCUT2D eigenvalue weighted by Crippen LogP contribution is 2.29. The van der Waals surface area contributed by atoms with Crippen molar-refractivity contribution in [1.82, 2.24) is 0 Å². The van der Waals surface area contributed by atoms with Crippen LogP contribution in [-0.4, -0.2) is 23.9 Å². The molecule has 0 saturated heterocycles. The number of para-hydroxylation sites is 2. The zero-order chi connectivity index (χ0) is 23.6. The second-order valence-electron chi connectivity index (χ2n) is 6.83. The molecule has 0 aromatic heterocycles. The molecule has 0 fully saturated rings. The van der Waals surface area contributed by atoms with E-state index in [9.17, 15) is 19.2 Å². The van der Waals surface area contributed by atoms with Crippen LogP contribution in [-0.2, 0) is 19.2 Å². The third-order valence-electron chi connectivity index (χ3n) is 4.07. The SMILES string of the molecule is Cc1ccc(OC(=O)CC(=O)Oc2ccccc2)c(OC(=O)CC(=O)Oc2ccccc2)c1. The van der Waals surface area contributed by atoms with Crippen molar-refractivity contribution in [2.24, 2.45) is 0 Å². The lowest BCUT2D eigenvalue weighted by atomic mass is 10.2. The lowest BCUT2D eigenvalue weighted by Gasteiger charge is -2.11. The summed E-state index contributed by atoms with van der Waals surface area (Å²) in [7, 11) is 0. The van der Waals surface area contributed by atoms with Gasteiger partial charge >= 0.3 is 23.9 Å². The molecule has 0 unspecified atom stereocenters. The summed E-state index contributed by atoms with van der Waals surface area (Å²) in [6, 6.07) is 21.1. The summed E-state index contributed by atoms with van der Waals surface area (Å²) in [4.78, 5) is 48.3. The fourth-order valence-corrected chi connectivity index (χ4v) is 2.64. The van der Waals surface area contributed by atoms with Crippen LogP contribution in [0, 0.1) is 6.92 Å². The van der Waals surface area contributed by atoms with E-state index in [1.165, 1.54) is 12.1 Å². The first-order valence-corrected chi connectivity index (χ1v) is 9.92. The van der Waals surface area contributed by atoms with Gasteiger partial charge in [-0.05, 0) is 48.9 Å². The highest BCUT2D eigenvalue weighted by Gasteiger charge is 2.20. The highest BCUT2D eigenvalue weighted by atomic mass is 16.6. The van der Waals surface area contributed by atoms with E-state index in [1.54, 1.807) is 73.7 Å². The van der Waals surface area contributed by atoms with Gasteiger partial charge in [0.1, 0.15) is 24.3 Å². The molecule has 0 aliphatic carbocycles. The maximum absolute atomic E-state index is 12.2. The lowest BCUT2D eigenvalue weighted by molar-refractivity contribution is -0.147. The van der Waals surface area contributed by atoms with Crippen molar-refractivity contribution in [2.75, 3.05) is 0 Å². The number of ether oxygens (including phenoxy) is 4. The average Bonchev–Trinajstić information content (AvgIpc) is 2.76. The van der Waals surface area contributed by atoms with Crippen LogP contribution < -0.4 is 18.9 Å². The summed E-state index contributed by atoms with van der Waals surface area (Å²) in [5.74, 6) is -2.98. The van der Waals surface area contributed by atoms with Crippen LogP contribution in [0.5, 0.6) is 23.0 Å². The minimum absolute atomic E-state index is 0.0720. The van der Waals surface area contributed by atoms with Gasteiger partial charge in [0.05, 0.1) is 0 Å². The number of benzene rings is 3. The number of carbonyl (C=O) groups is 4. The molecule has 8 heteroatoms. The number of rotatable bonds is 8. The molecule has 0 atom stereocenters. The van der Waals surface area contributed by atoms with Crippen LogP contribution >= 0.6 is 0 Å². The Balaban J connectivity index is 1.57. The van der Waals surface area contributed by atoms with Gasteiger partial charge in [-0.15, -0.1) is 0 Å². The summed E-state index contributed by atoms with van der Waals surface area (Å²) in [5, 5.41) is 0. The van der Waals surface area contributed by atoms with Crippen LogP contribution in [0.2, 0.25) is 0 Å². The monoisotopic (exact) mass is 448 g/mol. The van der Waals surface area contributed by atoms with Gasteiger partial charge in [0.25, 0.3) is 0 Å². The standard InChI is InChI=1S/C25H20O8/c1-17-12-13-20(32-24(28)15-22(26)30-18-8-4-2-5-9-18)21(14-17)33-25(29)16-23(27)31-19-10-6-3-7-11-19/h2-14H,15-16H2,1H3. The molecule has 3 aromatic carbocycles. The zero-order valence-electron chi connectivity index (χ0n) is 17.7. The summed E-state index contributed by atoms with van der Waals surface area (Å²) in [5.41, 5.74) is 0.716. The molecule has 0 spiro atoms. The van der Waals surface area contributed by atoms with Gasteiger partial charge in [-0.1, -0.05) is 42.5 Å². The third-order valence-corrected chi connectivity index (χ3v) is 4.07. The first kappa shape index (κ1) is 23.2. The molecule has 3 aromatic rings. The summed E-state index contributed by atoms with van der Waals surface area (Å²) < 4.78 is 20.5. The Morgan fingerprint density at radius 3 is 1.45 bits per heavy atom. The Labute approximate surface area is 189 Å². The van der Waals surface area contributed by atoms with Gasteiger partial charge in [-0.25, -0.2) is 0 Å². The number of hydrogen-bond donors (Lipinski definition) is 0. The molecule has 0 saturated carbocycles. The Bertz CT molecular complexity index is 1140. The second-order valence-corrected chi connectivity index (χ2v) is 6.83. The lowest BCUT2D eigenvalue weighted by Crippen LogP contribution is -2.20. The molecular weight excluding hydrogens is 428 g/mol. The number of hydrogen-bond acceptors (Lipinski definition) is 8.